The van der Waals surface area contributed by atoms with Crippen LogP contribution in [-0.2, 0) is 0 Å². The summed E-state index contributed by atoms with van der Waals surface area (Å²) in [5.74, 6) is -0.962. The van der Waals surface area contributed by atoms with E-state index in [-0.39, 0.29) is 17.0 Å². The van der Waals surface area contributed by atoms with Crippen LogP contribution < -0.4 is 14.8 Å². The van der Waals surface area contributed by atoms with Gasteiger partial charge >= 0.3 is 5.97 Å². The Morgan fingerprint density at radius 3 is 2.12 bits per heavy atom. The third-order valence-electron chi connectivity index (χ3n) is 3.77. The van der Waals surface area contributed by atoms with Crippen molar-refractivity contribution in [3.05, 3.63) is 52.6 Å². The summed E-state index contributed by atoms with van der Waals surface area (Å²) in [6.45, 7) is 3.86. The lowest BCUT2D eigenvalue weighted by Gasteiger charge is -2.14. The molecule has 2 N–H and O–H groups in total. The summed E-state index contributed by atoms with van der Waals surface area (Å²) < 4.78 is 10.3. The maximum atomic E-state index is 12.4. The molecule has 0 aliphatic carbocycles. The van der Waals surface area contributed by atoms with Crippen molar-refractivity contribution in [3.63, 3.8) is 0 Å². The molecule has 0 spiro atoms. The molecule has 0 bridgehead atoms. The summed E-state index contributed by atoms with van der Waals surface area (Å²) in [4.78, 5) is 23.9. The number of carbonyl (C=O) groups excluding carboxylic acids is 1. The summed E-state index contributed by atoms with van der Waals surface area (Å²) in [7, 11) is 2.85. The van der Waals surface area contributed by atoms with Crippen molar-refractivity contribution in [3.8, 4) is 11.5 Å². The zero-order valence-corrected chi connectivity index (χ0v) is 14.0. The van der Waals surface area contributed by atoms with E-state index < -0.39 is 11.9 Å². The molecular formula is C18H19NO5. The zero-order valence-electron chi connectivity index (χ0n) is 14.0. The Hall–Kier alpha value is -3.02. The number of hydrogen-bond acceptors (Lipinski definition) is 4. The van der Waals surface area contributed by atoms with Crippen LogP contribution in [0, 0.1) is 13.8 Å². The average molecular weight is 329 g/mol. The van der Waals surface area contributed by atoms with Crippen LogP contribution in [0.15, 0.2) is 30.3 Å². The minimum absolute atomic E-state index is 0.0789. The van der Waals surface area contributed by atoms with Gasteiger partial charge in [0.25, 0.3) is 5.91 Å². The number of anilines is 1. The van der Waals surface area contributed by atoms with E-state index in [2.05, 4.69) is 5.32 Å². The van der Waals surface area contributed by atoms with Crippen LogP contribution in [0.5, 0.6) is 11.5 Å². The second kappa shape index (κ2) is 7.04. The smallest absolute Gasteiger partial charge is 0.337 e. The third kappa shape index (κ3) is 3.48. The van der Waals surface area contributed by atoms with Gasteiger partial charge in [0.2, 0.25) is 0 Å². The lowest BCUT2D eigenvalue weighted by Crippen LogP contribution is -2.15. The van der Waals surface area contributed by atoms with Crippen LogP contribution in [0.2, 0.25) is 0 Å². The van der Waals surface area contributed by atoms with E-state index in [1.807, 2.05) is 19.9 Å². The van der Waals surface area contributed by atoms with Gasteiger partial charge in [-0.15, -0.1) is 0 Å². The maximum Gasteiger partial charge on any atom is 0.337 e. The Morgan fingerprint density at radius 2 is 1.58 bits per heavy atom. The van der Waals surface area contributed by atoms with Crippen molar-refractivity contribution in [2.75, 3.05) is 19.5 Å². The molecule has 0 heterocycles. The molecule has 0 aliphatic rings. The summed E-state index contributed by atoms with van der Waals surface area (Å²) >= 11 is 0. The fraction of sp³-hybridized carbons (Fsp3) is 0.222. The quantitative estimate of drug-likeness (QED) is 0.879. The number of amides is 1. The molecule has 0 unspecified atom stereocenters. The van der Waals surface area contributed by atoms with E-state index in [1.54, 1.807) is 12.1 Å². The Bertz CT molecular complexity index is 798. The Kier molecular flexibility index (Phi) is 5.08. The number of carboxylic acid groups (broad SMARTS) is 1. The highest BCUT2D eigenvalue weighted by molar-refractivity contribution is 6.08. The first-order valence-corrected chi connectivity index (χ1v) is 7.25. The van der Waals surface area contributed by atoms with Crippen molar-refractivity contribution < 1.29 is 24.2 Å². The second-order valence-corrected chi connectivity index (χ2v) is 5.31. The van der Waals surface area contributed by atoms with Crippen molar-refractivity contribution in [2.45, 2.75) is 13.8 Å². The van der Waals surface area contributed by atoms with Crippen molar-refractivity contribution in [1.29, 1.82) is 0 Å². The Balaban J connectivity index is 2.41. The number of carbonyl (C=O) groups is 2. The Labute approximate surface area is 140 Å². The topological polar surface area (TPSA) is 84.9 Å². The van der Waals surface area contributed by atoms with Gasteiger partial charge in [-0.2, -0.15) is 0 Å². The second-order valence-electron chi connectivity index (χ2n) is 5.31. The highest BCUT2D eigenvalue weighted by Crippen LogP contribution is 2.33. The molecule has 6 nitrogen and oxygen atoms in total. The van der Waals surface area contributed by atoms with E-state index in [4.69, 9.17) is 9.47 Å². The van der Waals surface area contributed by atoms with E-state index in [9.17, 15) is 14.7 Å². The highest BCUT2D eigenvalue weighted by Gasteiger charge is 2.18. The monoisotopic (exact) mass is 329 g/mol. The molecule has 0 aromatic heterocycles. The first-order chi connectivity index (χ1) is 11.4. The fourth-order valence-electron chi connectivity index (χ4n) is 2.24. The van der Waals surface area contributed by atoms with Gasteiger partial charge in [0.05, 0.1) is 25.5 Å². The van der Waals surface area contributed by atoms with Gasteiger partial charge in [0, 0.05) is 17.7 Å². The summed E-state index contributed by atoms with van der Waals surface area (Å²) in [5.41, 5.74) is 2.56. The van der Waals surface area contributed by atoms with Gasteiger partial charge in [0.15, 0.2) is 11.5 Å². The number of aromatic carboxylic acids is 1. The van der Waals surface area contributed by atoms with Crippen molar-refractivity contribution >= 4 is 17.6 Å². The zero-order chi connectivity index (χ0) is 17.9. The van der Waals surface area contributed by atoms with Gasteiger partial charge in [-0.05, 0) is 37.1 Å². The molecule has 1 amide bonds. The van der Waals surface area contributed by atoms with E-state index in [0.29, 0.717) is 11.3 Å². The molecule has 126 valence electrons. The van der Waals surface area contributed by atoms with Crippen LogP contribution in [0.3, 0.4) is 0 Å². The molecule has 0 aliphatic heterocycles. The molecule has 2 aromatic rings. The number of nitrogens with one attached hydrogen (secondary N) is 1. The number of carboxylic acids is 1. The van der Waals surface area contributed by atoms with E-state index >= 15 is 0 Å². The standard InChI is InChI=1S/C18H19NO5/c1-10-5-6-12(7-11(10)2)17(20)19-14-9-16(24-4)15(23-3)8-13(14)18(21)22/h5-9H,1-4H3,(H,19,20)(H,21,22). The maximum absolute atomic E-state index is 12.4. The predicted molar refractivity (Wildman–Crippen MR) is 90.4 cm³/mol. The largest absolute Gasteiger partial charge is 0.493 e. The van der Waals surface area contributed by atoms with Gasteiger partial charge in [-0.3, -0.25) is 4.79 Å². The van der Waals surface area contributed by atoms with Crippen LogP contribution in [0.25, 0.3) is 0 Å². The highest BCUT2D eigenvalue weighted by atomic mass is 16.5. The fourth-order valence-corrected chi connectivity index (χ4v) is 2.24. The number of ether oxygens (including phenoxy) is 2. The summed E-state index contributed by atoms with van der Waals surface area (Å²) in [6, 6.07) is 8.04. The van der Waals surface area contributed by atoms with E-state index in [0.717, 1.165) is 11.1 Å². The number of hydrogen-bond donors (Lipinski definition) is 2. The number of aryl methyl sites for hydroxylation is 2. The molecule has 0 radical (unpaired) electrons. The van der Waals surface area contributed by atoms with Crippen LogP contribution >= 0.6 is 0 Å². The van der Waals surface area contributed by atoms with Crippen LogP contribution in [-0.4, -0.2) is 31.2 Å². The first-order valence-electron chi connectivity index (χ1n) is 7.25. The predicted octanol–water partition coefficient (Wildman–Crippen LogP) is 3.27. The molecular weight excluding hydrogens is 310 g/mol. The minimum Gasteiger partial charge on any atom is -0.493 e. The molecule has 0 saturated heterocycles. The molecule has 24 heavy (non-hydrogen) atoms. The number of methoxy groups -OCH3 is 2. The average Bonchev–Trinajstić information content (AvgIpc) is 2.56. The lowest BCUT2D eigenvalue weighted by molar-refractivity contribution is 0.0697. The molecule has 0 saturated carbocycles. The molecule has 2 aromatic carbocycles. The normalized spacial score (nSPS) is 10.2. The van der Waals surface area contributed by atoms with Gasteiger partial charge in [0.1, 0.15) is 0 Å². The number of benzene rings is 2. The molecule has 0 atom stereocenters. The lowest BCUT2D eigenvalue weighted by atomic mass is 10.1. The number of rotatable bonds is 5. The van der Waals surface area contributed by atoms with Crippen LogP contribution in [0.4, 0.5) is 5.69 Å². The Morgan fingerprint density at radius 1 is 0.958 bits per heavy atom. The summed E-state index contributed by atoms with van der Waals surface area (Å²) in [5, 5.41) is 12.0. The third-order valence-corrected chi connectivity index (χ3v) is 3.77. The van der Waals surface area contributed by atoms with Gasteiger partial charge < -0.3 is 19.9 Å². The van der Waals surface area contributed by atoms with Crippen molar-refractivity contribution in [2.24, 2.45) is 0 Å². The summed E-state index contributed by atoms with van der Waals surface area (Å²) in [6.07, 6.45) is 0. The minimum atomic E-state index is -1.17. The molecule has 2 rings (SSSR count). The molecule has 6 heteroatoms. The van der Waals surface area contributed by atoms with Gasteiger partial charge in [-0.25, -0.2) is 4.79 Å². The SMILES string of the molecule is COc1cc(NC(=O)c2ccc(C)c(C)c2)c(C(=O)O)cc1OC. The van der Waals surface area contributed by atoms with Gasteiger partial charge in [-0.1, -0.05) is 6.07 Å². The van der Waals surface area contributed by atoms with Crippen LogP contribution in [0.1, 0.15) is 31.8 Å². The molecule has 0 fully saturated rings. The van der Waals surface area contributed by atoms with Crippen molar-refractivity contribution in [1.82, 2.24) is 0 Å². The van der Waals surface area contributed by atoms with E-state index in [1.165, 1.54) is 26.4 Å². The first kappa shape index (κ1) is 17.3.